The van der Waals surface area contributed by atoms with Gasteiger partial charge in [-0.05, 0) is 28.1 Å². The monoisotopic (exact) mass is 332 g/mol. The Hall–Kier alpha value is -1.63. The number of nitrogens with two attached hydrogens (primary N) is 1. The largest absolute Gasteiger partial charge is 0.469 e. The smallest absolute Gasteiger partial charge is 0.307 e. The third kappa shape index (κ3) is 3.92. The summed E-state index contributed by atoms with van der Waals surface area (Å²) in [5, 5.41) is 0. The number of halogens is 2. The Morgan fingerprint density at radius 2 is 2.11 bits per heavy atom. The van der Waals surface area contributed by atoms with Gasteiger partial charge in [-0.3, -0.25) is 9.59 Å². The zero-order valence-corrected chi connectivity index (χ0v) is 12.2. The normalized spacial score (nSPS) is 10.1. The highest BCUT2D eigenvalue weighted by molar-refractivity contribution is 9.10. The van der Waals surface area contributed by atoms with Gasteiger partial charge in [0, 0.05) is 18.1 Å². The Labute approximate surface area is 118 Å². The van der Waals surface area contributed by atoms with Crippen molar-refractivity contribution in [2.75, 3.05) is 26.4 Å². The first-order valence-electron chi connectivity index (χ1n) is 5.43. The topological polar surface area (TPSA) is 72.6 Å². The number of benzene rings is 1. The molecule has 2 N–H and O–H groups in total. The lowest BCUT2D eigenvalue weighted by Gasteiger charge is -2.17. The molecule has 1 aromatic rings. The van der Waals surface area contributed by atoms with E-state index in [9.17, 15) is 14.0 Å². The maximum absolute atomic E-state index is 13.2. The number of hydrogen-bond donors (Lipinski definition) is 1. The van der Waals surface area contributed by atoms with Gasteiger partial charge in [-0.1, -0.05) is 0 Å². The molecule has 1 amide bonds. The molecule has 0 aromatic heterocycles. The molecule has 7 heteroatoms. The standard InChI is InChI=1S/C12H14BrFN2O3/c1-16(4-3-11(17)19-2)12(18)7-5-10(15)9(14)6-8(7)13/h5-6H,3-4,15H2,1-2H3. The molecular formula is C12H14BrFN2O3. The highest BCUT2D eigenvalue weighted by Gasteiger charge is 2.17. The fraction of sp³-hybridized carbons (Fsp3) is 0.333. The Bertz CT molecular complexity index is 508. The minimum Gasteiger partial charge on any atom is -0.469 e. The van der Waals surface area contributed by atoms with Crippen LogP contribution in [0.5, 0.6) is 0 Å². The van der Waals surface area contributed by atoms with E-state index in [1.54, 1.807) is 0 Å². The van der Waals surface area contributed by atoms with E-state index in [-0.39, 0.29) is 30.1 Å². The predicted molar refractivity (Wildman–Crippen MR) is 72.1 cm³/mol. The number of hydrogen-bond acceptors (Lipinski definition) is 4. The van der Waals surface area contributed by atoms with Gasteiger partial charge in [-0.25, -0.2) is 4.39 Å². The van der Waals surface area contributed by atoms with Crippen molar-refractivity contribution in [3.63, 3.8) is 0 Å². The summed E-state index contributed by atoms with van der Waals surface area (Å²) in [4.78, 5) is 24.4. The van der Waals surface area contributed by atoms with E-state index in [1.807, 2.05) is 0 Å². The molecule has 0 saturated carbocycles. The van der Waals surface area contributed by atoms with Crippen molar-refractivity contribution in [3.05, 3.63) is 28.0 Å². The first kappa shape index (κ1) is 15.4. The number of carbonyl (C=O) groups excluding carboxylic acids is 2. The number of ether oxygens (including phenoxy) is 1. The van der Waals surface area contributed by atoms with Crippen LogP contribution in [0.3, 0.4) is 0 Å². The van der Waals surface area contributed by atoms with Crippen LogP contribution >= 0.6 is 15.9 Å². The first-order chi connectivity index (χ1) is 8.86. The molecule has 19 heavy (non-hydrogen) atoms. The number of methoxy groups -OCH3 is 1. The van der Waals surface area contributed by atoms with E-state index in [1.165, 1.54) is 25.1 Å². The average Bonchev–Trinajstić information content (AvgIpc) is 2.38. The summed E-state index contributed by atoms with van der Waals surface area (Å²) in [6, 6.07) is 2.40. The van der Waals surface area contributed by atoms with Crippen LogP contribution in [0.25, 0.3) is 0 Å². The molecule has 0 aliphatic heterocycles. The van der Waals surface area contributed by atoms with Crippen molar-refractivity contribution in [1.82, 2.24) is 4.90 Å². The minimum absolute atomic E-state index is 0.0903. The summed E-state index contributed by atoms with van der Waals surface area (Å²) in [6.07, 6.45) is 0.0903. The van der Waals surface area contributed by atoms with Crippen LogP contribution in [-0.4, -0.2) is 37.5 Å². The van der Waals surface area contributed by atoms with Crippen LogP contribution in [0, 0.1) is 5.82 Å². The lowest BCUT2D eigenvalue weighted by Crippen LogP contribution is -2.29. The second-order valence-electron chi connectivity index (χ2n) is 3.91. The van der Waals surface area contributed by atoms with E-state index < -0.39 is 11.8 Å². The number of esters is 1. The van der Waals surface area contributed by atoms with Crippen LogP contribution < -0.4 is 5.73 Å². The molecule has 0 aliphatic carbocycles. The maximum Gasteiger partial charge on any atom is 0.307 e. The van der Waals surface area contributed by atoms with Gasteiger partial charge < -0.3 is 15.4 Å². The fourth-order valence-electron chi connectivity index (χ4n) is 1.40. The van der Waals surface area contributed by atoms with E-state index in [2.05, 4.69) is 20.7 Å². The Kier molecular flexibility index (Phi) is 5.29. The summed E-state index contributed by atoms with van der Waals surface area (Å²) in [5.41, 5.74) is 5.57. The molecular weight excluding hydrogens is 319 g/mol. The highest BCUT2D eigenvalue weighted by atomic mass is 79.9. The Balaban J connectivity index is 2.82. The fourth-order valence-corrected chi connectivity index (χ4v) is 1.88. The van der Waals surface area contributed by atoms with Crippen molar-refractivity contribution in [2.45, 2.75) is 6.42 Å². The molecule has 0 bridgehead atoms. The summed E-state index contributed by atoms with van der Waals surface area (Å²) in [5.74, 6) is -1.36. The molecule has 0 heterocycles. The number of amides is 1. The predicted octanol–water partition coefficient (Wildman–Crippen LogP) is 1.81. The van der Waals surface area contributed by atoms with Gasteiger partial charge in [0.25, 0.3) is 5.91 Å². The molecule has 0 fully saturated rings. The molecule has 0 unspecified atom stereocenters. The molecule has 0 radical (unpaired) electrons. The maximum atomic E-state index is 13.2. The van der Waals surface area contributed by atoms with E-state index in [4.69, 9.17) is 5.73 Å². The van der Waals surface area contributed by atoms with Crippen molar-refractivity contribution >= 4 is 33.5 Å². The second-order valence-corrected chi connectivity index (χ2v) is 4.76. The van der Waals surface area contributed by atoms with Gasteiger partial charge in [-0.15, -0.1) is 0 Å². The van der Waals surface area contributed by atoms with Crippen LogP contribution in [0.4, 0.5) is 10.1 Å². The third-order valence-corrected chi connectivity index (χ3v) is 3.20. The van der Waals surface area contributed by atoms with Gasteiger partial charge in [-0.2, -0.15) is 0 Å². The molecule has 0 aliphatic rings. The number of rotatable bonds is 4. The van der Waals surface area contributed by atoms with Crippen molar-refractivity contribution < 1.29 is 18.7 Å². The summed E-state index contributed by atoms with van der Waals surface area (Å²) >= 11 is 3.11. The molecule has 5 nitrogen and oxygen atoms in total. The van der Waals surface area contributed by atoms with Crippen LogP contribution in [0.1, 0.15) is 16.8 Å². The van der Waals surface area contributed by atoms with E-state index >= 15 is 0 Å². The molecule has 0 atom stereocenters. The number of nitrogen functional groups attached to an aromatic ring is 1. The Morgan fingerprint density at radius 1 is 1.47 bits per heavy atom. The van der Waals surface area contributed by atoms with Crippen LogP contribution in [-0.2, 0) is 9.53 Å². The lowest BCUT2D eigenvalue weighted by molar-refractivity contribution is -0.140. The van der Waals surface area contributed by atoms with Crippen molar-refractivity contribution in [1.29, 1.82) is 0 Å². The van der Waals surface area contributed by atoms with Gasteiger partial charge in [0.05, 0.1) is 24.8 Å². The van der Waals surface area contributed by atoms with Crippen molar-refractivity contribution in [3.8, 4) is 0 Å². The van der Waals surface area contributed by atoms with Gasteiger partial charge in [0.1, 0.15) is 5.82 Å². The molecule has 1 rings (SSSR count). The lowest BCUT2D eigenvalue weighted by atomic mass is 10.1. The van der Waals surface area contributed by atoms with E-state index in [0.717, 1.165) is 6.07 Å². The summed E-state index contributed by atoms with van der Waals surface area (Å²) in [7, 11) is 2.82. The number of nitrogens with zero attached hydrogens (tertiary/aromatic N) is 1. The number of carbonyl (C=O) groups is 2. The van der Waals surface area contributed by atoms with E-state index in [0.29, 0.717) is 4.47 Å². The zero-order chi connectivity index (χ0) is 14.6. The molecule has 0 saturated heterocycles. The summed E-state index contributed by atoms with van der Waals surface area (Å²) in [6.45, 7) is 0.204. The summed E-state index contributed by atoms with van der Waals surface area (Å²) < 4.78 is 18.0. The molecule has 0 spiro atoms. The third-order valence-electron chi connectivity index (χ3n) is 2.54. The molecule has 104 valence electrons. The van der Waals surface area contributed by atoms with Gasteiger partial charge >= 0.3 is 5.97 Å². The average molecular weight is 333 g/mol. The minimum atomic E-state index is -0.597. The second kappa shape index (κ2) is 6.51. The highest BCUT2D eigenvalue weighted by Crippen LogP contribution is 2.23. The first-order valence-corrected chi connectivity index (χ1v) is 6.23. The van der Waals surface area contributed by atoms with Crippen molar-refractivity contribution in [2.24, 2.45) is 0 Å². The zero-order valence-electron chi connectivity index (χ0n) is 10.6. The number of anilines is 1. The quantitative estimate of drug-likeness (QED) is 0.674. The van der Waals surface area contributed by atoms with Crippen LogP contribution in [0.2, 0.25) is 0 Å². The SMILES string of the molecule is COC(=O)CCN(C)C(=O)c1cc(N)c(F)cc1Br. The van der Waals surface area contributed by atoms with Gasteiger partial charge in [0.15, 0.2) is 0 Å². The van der Waals surface area contributed by atoms with Crippen LogP contribution in [0.15, 0.2) is 16.6 Å². The molecule has 1 aromatic carbocycles. The van der Waals surface area contributed by atoms with Gasteiger partial charge in [0.2, 0.25) is 0 Å². The Morgan fingerprint density at radius 3 is 2.68 bits per heavy atom.